The lowest BCUT2D eigenvalue weighted by atomic mass is 9.98. The average molecular weight is 357 g/mol. The number of rotatable bonds is 13. The molecule has 1 rings (SSSR count). The zero-order valence-corrected chi connectivity index (χ0v) is 16.7. The number of guanidine groups is 1. The molecule has 6 nitrogen and oxygen atoms in total. The molecule has 1 fully saturated rings. The molecule has 0 aromatic carbocycles. The monoisotopic (exact) mass is 356 g/mol. The molecule has 2 N–H and O–H groups in total. The van der Waals surface area contributed by atoms with Crippen LogP contribution in [0.15, 0.2) is 4.99 Å². The summed E-state index contributed by atoms with van der Waals surface area (Å²) >= 11 is 0. The second kappa shape index (κ2) is 15.4. The van der Waals surface area contributed by atoms with Crippen LogP contribution in [0.25, 0.3) is 0 Å². The molecule has 148 valence electrons. The summed E-state index contributed by atoms with van der Waals surface area (Å²) in [6.45, 7) is 15.5. The Morgan fingerprint density at radius 1 is 1.08 bits per heavy atom. The third-order valence-electron chi connectivity index (χ3n) is 4.46. The highest BCUT2D eigenvalue weighted by atomic mass is 16.5. The van der Waals surface area contributed by atoms with Crippen molar-refractivity contribution in [3.63, 3.8) is 0 Å². The van der Waals surface area contributed by atoms with Gasteiger partial charge in [-0.05, 0) is 45.2 Å². The highest BCUT2D eigenvalue weighted by Crippen LogP contribution is 2.16. The summed E-state index contributed by atoms with van der Waals surface area (Å²) in [4.78, 5) is 7.29. The Morgan fingerprint density at radius 3 is 2.60 bits per heavy atom. The molecule has 0 spiro atoms. The molecule has 1 atom stereocenters. The molecule has 1 saturated heterocycles. The molecule has 6 heteroatoms. The maximum atomic E-state index is 5.59. The van der Waals surface area contributed by atoms with Gasteiger partial charge in [-0.1, -0.05) is 20.3 Å². The Bertz CT molecular complexity index is 339. The van der Waals surface area contributed by atoms with Gasteiger partial charge in [0, 0.05) is 32.8 Å². The minimum Gasteiger partial charge on any atom is -0.379 e. The van der Waals surface area contributed by atoms with Crippen molar-refractivity contribution in [1.29, 1.82) is 0 Å². The topological polar surface area (TPSA) is 58.1 Å². The molecule has 1 aliphatic rings. The standard InChI is InChI=1S/C19H40N4O2/c1-4-7-12-24-14-15-25-13-10-21-19(20-5-2)22-16-18-9-8-11-23(6-3)17-18/h18H,4-17H2,1-3H3,(H2,20,21,22). The molecule has 0 aromatic rings. The van der Waals surface area contributed by atoms with Crippen molar-refractivity contribution in [1.82, 2.24) is 15.5 Å². The Morgan fingerprint density at radius 2 is 1.88 bits per heavy atom. The van der Waals surface area contributed by atoms with E-state index < -0.39 is 0 Å². The van der Waals surface area contributed by atoms with Crippen LogP contribution in [0.4, 0.5) is 0 Å². The van der Waals surface area contributed by atoms with E-state index in [0.29, 0.717) is 25.7 Å². The quantitative estimate of drug-likeness (QED) is 0.301. The molecule has 0 aliphatic carbocycles. The van der Waals surface area contributed by atoms with Crippen LogP contribution >= 0.6 is 0 Å². The molecule has 25 heavy (non-hydrogen) atoms. The largest absolute Gasteiger partial charge is 0.379 e. The van der Waals surface area contributed by atoms with Crippen molar-refractivity contribution in [2.45, 2.75) is 46.5 Å². The van der Waals surface area contributed by atoms with Gasteiger partial charge >= 0.3 is 0 Å². The van der Waals surface area contributed by atoms with Gasteiger partial charge in [0.2, 0.25) is 0 Å². The van der Waals surface area contributed by atoms with Crippen LogP contribution in [-0.2, 0) is 9.47 Å². The first-order valence-corrected chi connectivity index (χ1v) is 10.2. The number of piperidine rings is 1. The zero-order valence-electron chi connectivity index (χ0n) is 16.7. The van der Waals surface area contributed by atoms with Crippen LogP contribution in [0.2, 0.25) is 0 Å². The molecule has 1 aliphatic heterocycles. The molecular formula is C19H40N4O2. The van der Waals surface area contributed by atoms with E-state index in [9.17, 15) is 0 Å². The van der Waals surface area contributed by atoms with Gasteiger partial charge in [0.25, 0.3) is 0 Å². The third-order valence-corrected chi connectivity index (χ3v) is 4.46. The second-order valence-electron chi connectivity index (χ2n) is 6.63. The minimum absolute atomic E-state index is 0.661. The van der Waals surface area contributed by atoms with E-state index in [1.165, 1.54) is 32.4 Å². The first kappa shape index (κ1) is 22.2. The minimum atomic E-state index is 0.661. The zero-order chi connectivity index (χ0) is 18.2. The number of unbranched alkanes of at least 4 members (excludes halogenated alkanes) is 1. The van der Waals surface area contributed by atoms with Gasteiger partial charge in [0.05, 0.1) is 19.8 Å². The summed E-state index contributed by atoms with van der Waals surface area (Å²) in [5.74, 6) is 1.58. The molecular weight excluding hydrogens is 316 g/mol. The Balaban J connectivity index is 2.14. The van der Waals surface area contributed by atoms with Crippen LogP contribution in [0.3, 0.4) is 0 Å². The fourth-order valence-corrected chi connectivity index (χ4v) is 2.96. The lowest BCUT2D eigenvalue weighted by Gasteiger charge is -2.31. The van der Waals surface area contributed by atoms with E-state index in [4.69, 9.17) is 14.5 Å². The van der Waals surface area contributed by atoms with Crippen molar-refractivity contribution in [3.05, 3.63) is 0 Å². The smallest absolute Gasteiger partial charge is 0.191 e. The molecule has 0 saturated carbocycles. The van der Waals surface area contributed by atoms with Gasteiger partial charge in [-0.15, -0.1) is 0 Å². The van der Waals surface area contributed by atoms with Crippen LogP contribution < -0.4 is 10.6 Å². The SMILES string of the molecule is CCCCOCCOCCNC(=NCC1CCCN(CC)C1)NCC. The number of hydrogen-bond donors (Lipinski definition) is 2. The third kappa shape index (κ3) is 11.4. The summed E-state index contributed by atoms with van der Waals surface area (Å²) in [6.07, 6.45) is 4.89. The summed E-state index contributed by atoms with van der Waals surface area (Å²) < 4.78 is 11.1. The summed E-state index contributed by atoms with van der Waals surface area (Å²) in [7, 11) is 0. The van der Waals surface area contributed by atoms with E-state index in [2.05, 4.69) is 36.3 Å². The summed E-state index contributed by atoms with van der Waals surface area (Å²) in [6, 6.07) is 0. The summed E-state index contributed by atoms with van der Waals surface area (Å²) in [5, 5.41) is 6.67. The lowest BCUT2D eigenvalue weighted by Crippen LogP contribution is -2.40. The van der Waals surface area contributed by atoms with Crippen LogP contribution in [0, 0.1) is 5.92 Å². The van der Waals surface area contributed by atoms with E-state index in [0.717, 1.165) is 45.2 Å². The Kier molecular flexibility index (Phi) is 13.7. The highest BCUT2D eigenvalue weighted by molar-refractivity contribution is 5.79. The predicted molar refractivity (Wildman–Crippen MR) is 105 cm³/mol. The number of hydrogen-bond acceptors (Lipinski definition) is 4. The maximum absolute atomic E-state index is 5.59. The van der Waals surface area contributed by atoms with Crippen molar-refractivity contribution < 1.29 is 9.47 Å². The number of nitrogens with one attached hydrogen (secondary N) is 2. The van der Waals surface area contributed by atoms with Crippen molar-refractivity contribution in [2.75, 3.05) is 65.7 Å². The van der Waals surface area contributed by atoms with Gasteiger partial charge in [-0.3, -0.25) is 4.99 Å². The van der Waals surface area contributed by atoms with Crippen LogP contribution in [0.1, 0.15) is 46.5 Å². The van der Waals surface area contributed by atoms with E-state index in [1.807, 2.05) is 0 Å². The first-order chi connectivity index (χ1) is 12.3. The first-order valence-electron chi connectivity index (χ1n) is 10.2. The Hall–Kier alpha value is -0.850. The average Bonchev–Trinajstić information content (AvgIpc) is 2.64. The second-order valence-corrected chi connectivity index (χ2v) is 6.63. The van der Waals surface area contributed by atoms with Crippen molar-refractivity contribution in [2.24, 2.45) is 10.9 Å². The fourth-order valence-electron chi connectivity index (χ4n) is 2.96. The number of ether oxygens (including phenoxy) is 2. The molecule has 0 aromatic heterocycles. The lowest BCUT2D eigenvalue weighted by molar-refractivity contribution is 0.0487. The normalized spacial score (nSPS) is 19.2. The van der Waals surface area contributed by atoms with E-state index >= 15 is 0 Å². The van der Waals surface area contributed by atoms with Gasteiger partial charge in [-0.25, -0.2) is 0 Å². The van der Waals surface area contributed by atoms with Gasteiger partial charge < -0.3 is 25.0 Å². The number of aliphatic imine (C=N–C) groups is 1. The fraction of sp³-hybridized carbons (Fsp3) is 0.947. The number of likely N-dealkylation sites (tertiary alicyclic amines) is 1. The van der Waals surface area contributed by atoms with Gasteiger partial charge in [-0.2, -0.15) is 0 Å². The predicted octanol–water partition coefficient (Wildman–Crippen LogP) is 2.11. The van der Waals surface area contributed by atoms with E-state index in [-0.39, 0.29) is 0 Å². The molecule has 1 heterocycles. The highest BCUT2D eigenvalue weighted by Gasteiger charge is 2.18. The molecule has 0 bridgehead atoms. The van der Waals surface area contributed by atoms with Crippen LogP contribution in [0.5, 0.6) is 0 Å². The molecule has 1 unspecified atom stereocenters. The molecule has 0 amide bonds. The van der Waals surface area contributed by atoms with Crippen molar-refractivity contribution >= 4 is 5.96 Å². The maximum Gasteiger partial charge on any atom is 0.191 e. The van der Waals surface area contributed by atoms with Gasteiger partial charge in [0.15, 0.2) is 5.96 Å². The van der Waals surface area contributed by atoms with Crippen LogP contribution in [-0.4, -0.2) is 76.6 Å². The number of nitrogens with zero attached hydrogens (tertiary/aromatic N) is 2. The summed E-state index contributed by atoms with van der Waals surface area (Å²) in [5.41, 5.74) is 0. The van der Waals surface area contributed by atoms with E-state index in [1.54, 1.807) is 0 Å². The Labute approximate surface area is 154 Å². The van der Waals surface area contributed by atoms with Crippen molar-refractivity contribution in [3.8, 4) is 0 Å². The van der Waals surface area contributed by atoms with Gasteiger partial charge in [0.1, 0.15) is 0 Å². The molecule has 0 radical (unpaired) electrons.